The first-order chi connectivity index (χ1) is 8.97. The molecule has 1 amide bonds. The van der Waals surface area contributed by atoms with E-state index in [1.807, 2.05) is 0 Å². The van der Waals surface area contributed by atoms with Crippen LogP contribution in [0.5, 0.6) is 0 Å². The standard InChI is InChI=1S/C12H11Cl2NO3S/c13-7-2-1-6(8(14)4-7)3-10-11(16)15-9(5-19-10)12(17)18/h1-2,4,9-10H,3,5H2,(H,15,16)(H,17,18)/t9-,10+/m0/s1. The number of hydrogen-bond acceptors (Lipinski definition) is 3. The number of aliphatic carboxylic acids is 1. The minimum Gasteiger partial charge on any atom is -0.480 e. The molecular formula is C12H11Cl2NO3S. The second kappa shape index (κ2) is 6.03. The van der Waals surface area contributed by atoms with E-state index in [0.29, 0.717) is 22.2 Å². The number of amides is 1. The third-order valence-electron chi connectivity index (χ3n) is 2.79. The van der Waals surface area contributed by atoms with Crippen molar-refractivity contribution in [1.29, 1.82) is 0 Å². The fraction of sp³-hybridized carbons (Fsp3) is 0.333. The van der Waals surface area contributed by atoms with Crippen LogP contribution in [-0.2, 0) is 16.0 Å². The molecule has 0 spiro atoms. The van der Waals surface area contributed by atoms with Gasteiger partial charge in [0, 0.05) is 15.8 Å². The summed E-state index contributed by atoms with van der Waals surface area (Å²) in [6.07, 6.45) is 0.457. The molecule has 1 heterocycles. The van der Waals surface area contributed by atoms with Crippen molar-refractivity contribution in [2.24, 2.45) is 0 Å². The lowest BCUT2D eigenvalue weighted by molar-refractivity contribution is -0.141. The van der Waals surface area contributed by atoms with Gasteiger partial charge in [-0.2, -0.15) is 0 Å². The van der Waals surface area contributed by atoms with Gasteiger partial charge in [0.25, 0.3) is 0 Å². The molecule has 0 saturated carbocycles. The largest absolute Gasteiger partial charge is 0.480 e. The van der Waals surface area contributed by atoms with Crippen molar-refractivity contribution in [2.75, 3.05) is 5.75 Å². The van der Waals surface area contributed by atoms with Crippen LogP contribution in [0.1, 0.15) is 5.56 Å². The number of thioether (sulfide) groups is 1. The molecule has 1 fully saturated rings. The predicted molar refractivity (Wildman–Crippen MR) is 76.0 cm³/mol. The number of rotatable bonds is 3. The van der Waals surface area contributed by atoms with Gasteiger partial charge in [-0.05, 0) is 24.1 Å². The van der Waals surface area contributed by atoms with Crippen LogP contribution in [0.3, 0.4) is 0 Å². The maximum absolute atomic E-state index is 11.8. The van der Waals surface area contributed by atoms with Gasteiger partial charge in [0.2, 0.25) is 5.91 Å². The lowest BCUT2D eigenvalue weighted by Gasteiger charge is -2.26. The molecule has 0 unspecified atom stereocenters. The van der Waals surface area contributed by atoms with E-state index >= 15 is 0 Å². The smallest absolute Gasteiger partial charge is 0.327 e. The van der Waals surface area contributed by atoms with Gasteiger partial charge >= 0.3 is 5.97 Å². The van der Waals surface area contributed by atoms with E-state index in [9.17, 15) is 9.59 Å². The molecule has 1 aromatic rings. The zero-order chi connectivity index (χ0) is 14.0. The normalized spacial score (nSPS) is 22.9. The summed E-state index contributed by atoms with van der Waals surface area (Å²) >= 11 is 13.2. The highest BCUT2D eigenvalue weighted by atomic mass is 35.5. The molecule has 2 atom stereocenters. The number of nitrogens with one attached hydrogen (secondary N) is 1. The highest BCUT2D eigenvalue weighted by Gasteiger charge is 2.32. The molecule has 1 aliphatic heterocycles. The van der Waals surface area contributed by atoms with E-state index in [0.717, 1.165) is 5.56 Å². The summed E-state index contributed by atoms with van der Waals surface area (Å²) in [7, 11) is 0. The molecule has 1 aromatic carbocycles. The van der Waals surface area contributed by atoms with Crippen molar-refractivity contribution in [3.8, 4) is 0 Å². The highest BCUT2D eigenvalue weighted by molar-refractivity contribution is 8.00. The summed E-state index contributed by atoms with van der Waals surface area (Å²) in [5, 5.41) is 12.1. The molecular weight excluding hydrogens is 309 g/mol. The average Bonchev–Trinajstić information content (AvgIpc) is 2.34. The summed E-state index contributed by atoms with van der Waals surface area (Å²) in [6, 6.07) is 4.31. The van der Waals surface area contributed by atoms with Gasteiger partial charge in [-0.1, -0.05) is 29.3 Å². The lowest BCUT2D eigenvalue weighted by atomic mass is 10.1. The van der Waals surface area contributed by atoms with Crippen LogP contribution in [0.4, 0.5) is 0 Å². The SMILES string of the molecule is O=C(O)[C@@H]1CS[C@H](Cc2ccc(Cl)cc2Cl)C(=O)N1. The van der Waals surface area contributed by atoms with Crippen molar-refractivity contribution in [3.63, 3.8) is 0 Å². The Morgan fingerprint density at radius 2 is 2.21 bits per heavy atom. The van der Waals surface area contributed by atoms with Crippen LogP contribution in [0, 0.1) is 0 Å². The van der Waals surface area contributed by atoms with E-state index < -0.39 is 12.0 Å². The Bertz CT molecular complexity index is 524. The number of carbonyl (C=O) groups is 2. The van der Waals surface area contributed by atoms with Crippen LogP contribution in [0.15, 0.2) is 18.2 Å². The van der Waals surface area contributed by atoms with Crippen LogP contribution >= 0.6 is 35.0 Å². The third kappa shape index (κ3) is 3.55. The van der Waals surface area contributed by atoms with Crippen molar-refractivity contribution >= 4 is 46.8 Å². The number of benzene rings is 1. The van der Waals surface area contributed by atoms with E-state index in [-0.39, 0.29) is 11.2 Å². The Hall–Kier alpha value is -0.910. The summed E-state index contributed by atoms with van der Waals surface area (Å²) in [4.78, 5) is 22.6. The van der Waals surface area contributed by atoms with Crippen molar-refractivity contribution < 1.29 is 14.7 Å². The highest BCUT2D eigenvalue weighted by Crippen LogP contribution is 2.27. The average molecular weight is 320 g/mol. The lowest BCUT2D eigenvalue weighted by Crippen LogP contribution is -2.51. The summed E-state index contributed by atoms with van der Waals surface area (Å²) in [5.41, 5.74) is 0.826. The molecule has 4 nitrogen and oxygen atoms in total. The molecule has 0 bridgehead atoms. The molecule has 2 N–H and O–H groups in total. The van der Waals surface area contributed by atoms with Crippen molar-refractivity contribution in [1.82, 2.24) is 5.32 Å². The zero-order valence-corrected chi connectivity index (χ0v) is 12.1. The number of hydrogen-bond donors (Lipinski definition) is 2. The maximum atomic E-state index is 11.8. The second-order valence-corrected chi connectivity index (χ2v) is 6.24. The number of carbonyl (C=O) groups excluding carboxylic acids is 1. The third-order valence-corrected chi connectivity index (χ3v) is 4.69. The molecule has 2 rings (SSSR count). The summed E-state index contributed by atoms with van der Waals surface area (Å²) < 4.78 is 0. The van der Waals surface area contributed by atoms with Gasteiger partial charge in [0.1, 0.15) is 6.04 Å². The maximum Gasteiger partial charge on any atom is 0.327 e. The Morgan fingerprint density at radius 3 is 2.79 bits per heavy atom. The Morgan fingerprint density at radius 1 is 1.47 bits per heavy atom. The Balaban J connectivity index is 2.04. The first kappa shape index (κ1) is 14.5. The Kier molecular flexibility index (Phi) is 4.60. The molecule has 0 radical (unpaired) electrons. The van der Waals surface area contributed by atoms with E-state index in [1.165, 1.54) is 11.8 Å². The number of halogens is 2. The Labute approximate surface area is 124 Å². The fourth-order valence-corrected chi connectivity index (χ4v) is 3.42. The van der Waals surface area contributed by atoms with E-state index in [2.05, 4.69) is 5.32 Å². The van der Waals surface area contributed by atoms with E-state index in [4.69, 9.17) is 28.3 Å². The molecule has 1 saturated heterocycles. The minimum absolute atomic E-state index is 0.269. The summed E-state index contributed by atoms with van der Waals surface area (Å²) in [6.45, 7) is 0. The molecule has 0 aliphatic carbocycles. The molecule has 7 heteroatoms. The summed E-state index contributed by atoms with van der Waals surface area (Å²) in [5.74, 6) is -0.921. The van der Waals surface area contributed by atoms with E-state index in [1.54, 1.807) is 18.2 Å². The van der Waals surface area contributed by atoms with Gasteiger partial charge in [0.15, 0.2) is 0 Å². The first-order valence-electron chi connectivity index (χ1n) is 5.56. The van der Waals surface area contributed by atoms with Gasteiger partial charge < -0.3 is 10.4 Å². The van der Waals surface area contributed by atoms with Crippen molar-refractivity contribution in [2.45, 2.75) is 17.7 Å². The number of carboxylic acids is 1. The van der Waals surface area contributed by atoms with Gasteiger partial charge in [-0.3, -0.25) is 4.79 Å². The van der Waals surface area contributed by atoms with Crippen molar-refractivity contribution in [3.05, 3.63) is 33.8 Å². The molecule has 1 aliphatic rings. The fourth-order valence-electron chi connectivity index (χ4n) is 1.77. The van der Waals surface area contributed by atoms with Gasteiger partial charge in [-0.15, -0.1) is 11.8 Å². The number of carboxylic acid groups (broad SMARTS) is 1. The minimum atomic E-state index is -1.01. The second-order valence-electron chi connectivity index (χ2n) is 4.16. The monoisotopic (exact) mass is 319 g/mol. The van der Waals surface area contributed by atoms with Crippen LogP contribution in [-0.4, -0.2) is 34.0 Å². The molecule has 19 heavy (non-hydrogen) atoms. The van der Waals surface area contributed by atoms with Crippen LogP contribution in [0.25, 0.3) is 0 Å². The van der Waals surface area contributed by atoms with Gasteiger partial charge in [-0.25, -0.2) is 4.79 Å². The molecule has 102 valence electrons. The molecule has 0 aromatic heterocycles. The quantitative estimate of drug-likeness (QED) is 0.896. The van der Waals surface area contributed by atoms with Gasteiger partial charge in [0.05, 0.1) is 5.25 Å². The first-order valence-corrected chi connectivity index (χ1v) is 7.36. The zero-order valence-electron chi connectivity index (χ0n) is 9.73. The topological polar surface area (TPSA) is 66.4 Å². The predicted octanol–water partition coefficient (Wildman–Crippen LogP) is 2.22. The van der Waals surface area contributed by atoms with Crippen LogP contribution < -0.4 is 5.32 Å². The van der Waals surface area contributed by atoms with Crippen LogP contribution in [0.2, 0.25) is 10.0 Å².